The predicted molar refractivity (Wildman–Crippen MR) is 69.9 cm³/mol. The molecular formula is C13H19N3O4. The second kappa shape index (κ2) is 6.04. The van der Waals surface area contributed by atoms with Crippen LogP contribution in [0.2, 0.25) is 0 Å². The highest BCUT2D eigenvalue weighted by molar-refractivity contribution is 5.87. The Morgan fingerprint density at radius 1 is 1.55 bits per heavy atom. The standard InChI is InChI=1S/C13H19N3O4/c1-16-9(6-7-14-16)10(13(18)19)15-12(17)11(20-2)8-4-3-5-8/h6-8,10-11H,3-5H2,1-2H3,(H,15,17)(H,18,19). The van der Waals surface area contributed by atoms with Gasteiger partial charge in [-0.15, -0.1) is 0 Å². The van der Waals surface area contributed by atoms with Gasteiger partial charge < -0.3 is 15.2 Å². The monoisotopic (exact) mass is 281 g/mol. The van der Waals surface area contributed by atoms with Crippen molar-refractivity contribution in [3.8, 4) is 0 Å². The van der Waals surface area contributed by atoms with Gasteiger partial charge >= 0.3 is 5.97 Å². The highest BCUT2D eigenvalue weighted by Gasteiger charge is 2.35. The smallest absolute Gasteiger partial charge is 0.332 e. The normalized spacial score (nSPS) is 18.1. The van der Waals surface area contributed by atoms with Crippen molar-refractivity contribution in [2.75, 3.05) is 7.11 Å². The SMILES string of the molecule is COC(C(=O)NC(C(=O)O)c1ccnn1C)C1CCC1. The summed E-state index contributed by atoms with van der Waals surface area (Å²) in [6, 6.07) is 0.456. The third-order valence-electron chi connectivity index (χ3n) is 3.78. The maximum atomic E-state index is 12.2. The maximum absolute atomic E-state index is 12.2. The molecule has 7 heteroatoms. The highest BCUT2D eigenvalue weighted by Crippen LogP contribution is 2.31. The van der Waals surface area contributed by atoms with Crippen molar-refractivity contribution >= 4 is 11.9 Å². The number of aryl methyl sites for hydroxylation is 1. The summed E-state index contributed by atoms with van der Waals surface area (Å²) in [5.74, 6) is -1.32. The van der Waals surface area contributed by atoms with Gasteiger partial charge in [-0.3, -0.25) is 9.48 Å². The Bertz CT molecular complexity index is 496. The molecule has 7 nitrogen and oxygen atoms in total. The van der Waals surface area contributed by atoms with Crippen LogP contribution >= 0.6 is 0 Å². The molecule has 20 heavy (non-hydrogen) atoms. The molecule has 1 saturated carbocycles. The van der Waals surface area contributed by atoms with E-state index in [0.717, 1.165) is 19.3 Å². The molecule has 1 aliphatic rings. The van der Waals surface area contributed by atoms with Crippen LogP contribution in [-0.4, -0.2) is 40.0 Å². The number of carbonyl (C=O) groups is 2. The molecule has 1 heterocycles. The minimum atomic E-state index is -1.12. The van der Waals surface area contributed by atoms with Gasteiger partial charge in [0, 0.05) is 20.4 Å². The lowest BCUT2D eigenvalue weighted by Gasteiger charge is -2.32. The van der Waals surface area contributed by atoms with E-state index in [0.29, 0.717) is 5.69 Å². The molecule has 2 atom stereocenters. The Kier molecular flexibility index (Phi) is 4.39. The van der Waals surface area contributed by atoms with Crippen LogP contribution in [0.5, 0.6) is 0 Å². The molecule has 1 aliphatic carbocycles. The van der Waals surface area contributed by atoms with Crippen LogP contribution in [0.3, 0.4) is 0 Å². The quantitative estimate of drug-likeness (QED) is 0.791. The molecule has 0 bridgehead atoms. The second-order valence-corrected chi connectivity index (χ2v) is 5.01. The second-order valence-electron chi connectivity index (χ2n) is 5.01. The van der Waals surface area contributed by atoms with Crippen molar-refractivity contribution in [3.05, 3.63) is 18.0 Å². The minimum Gasteiger partial charge on any atom is -0.479 e. The zero-order valence-electron chi connectivity index (χ0n) is 11.6. The number of carboxylic acid groups (broad SMARTS) is 1. The molecule has 1 aromatic heterocycles. The van der Waals surface area contributed by atoms with E-state index in [1.54, 1.807) is 13.1 Å². The lowest BCUT2D eigenvalue weighted by Crippen LogP contribution is -2.46. The number of hydrogen-bond donors (Lipinski definition) is 2. The van der Waals surface area contributed by atoms with E-state index >= 15 is 0 Å². The summed E-state index contributed by atoms with van der Waals surface area (Å²) in [6.45, 7) is 0. The van der Waals surface area contributed by atoms with Gasteiger partial charge in [-0.05, 0) is 24.8 Å². The van der Waals surface area contributed by atoms with Gasteiger partial charge in [0.25, 0.3) is 0 Å². The number of methoxy groups -OCH3 is 1. The molecule has 0 spiro atoms. The molecule has 110 valence electrons. The minimum absolute atomic E-state index is 0.181. The molecule has 0 aliphatic heterocycles. The van der Waals surface area contributed by atoms with Gasteiger partial charge in [-0.25, -0.2) is 4.79 Å². The number of aromatic nitrogens is 2. The Hall–Kier alpha value is -1.89. The third-order valence-corrected chi connectivity index (χ3v) is 3.78. The largest absolute Gasteiger partial charge is 0.479 e. The summed E-state index contributed by atoms with van der Waals surface area (Å²) in [5, 5.41) is 15.7. The lowest BCUT2D eigenvalue weighted by atomic mass is 9.80. The first kappa shape index (κ1) is 14.5. The van der Waals surface area contributed by atoms with E-state index in [2.05, 4.69) is 10.4 Å². The molecule has 2 rings (SSSR count). The zero-order valence-corrected chi connectivity index (χ0v) is 11.6. The number of carboxylic acids is 1. The molecule has 1 aromatic rings. The Morgan fingerprint density at radius 2 is 2.25 bits per heavy atom. The van der Waals surface area contributed by atoms with Gasteiger partial charge in [-0.2, -0.15) is 5.10 Å². The zero-order chi connectivity index (χ0) is 14.7. The van der Waals surface area contributed by atoms with E-state index < -0.39 is 18.1 Å². The highest BCUT2D eigenvalue weighted by atomic mass is 16.5. The fraction of sp³-hybridized carbons (Fsp3) is 0.615. The van der Waals surface area contributed by atoms with Crippen LogP contribution in [0.1, 0.15) is 31.0 Å². The average Bonchev–Trinajstić information content (AvgIpc) is 2.75. The average molecular weight is 281 g/mol. The topological polar surface area (TPSA) is 93.4 Å². The van der Waals surface area contributed by atoms with Crippen molar-refractivity contribution in [1.82, 2.24) is 15.1 Å². The summed E-state index contributed by atoms with van der Waals surface area (Å²) >= 11 is 0. The molecule has 0 aromatic carbocycles. The predicted octanol–water partition coefficient (Wildman–Crippen LogP) is 0.477. The molecule has 1 fully saturated rings. The Labute approximate surface area is 116 Å². The van der Waals surface area contributed by atoms with Crippen molar-refractivity contribution < 1.29 is 19.4 Å². The summed E-state index contributed by atoms with van der Waals surface area (Å²) in [6.07, 6.45) is 3.88. The molecular weight excluding hydrogens is 262 g/mol. The summed E-state index contributed by atoms with van der Waals surface area (Å²) in [5.41, 5.74) is 0.425. The summed E-state index contributed by atoms with van der Waals surface area (Å²) in [4.78, 5) is 23.6. The summed E-state index contributed by atoms with van der Waals surface area (Å²) < 4.78 is 6.65. The first-order chi connectivity index (χ1) is 9.54. The Morgan fingerprint density at radius 3 is 2.65 bits per heavy atom. The third kappa shape index (κ3) is 2.82. The van der Waals surface area contributed by atoms with Crippen molar-refractivity contribution in [1.29, 1.82) is 0 Å². The van der Waals surface area contributed by atoms with E-state index in [1.807, 2.05) is 0 Å². The van der Waals surface area contributed by atoms with Gasteiger partial charge in [0.1, 0.15) is 6.10 Å². The molecule has 2 unspecified atom stereocenters. The number of ether oxygens (including phenoxy) is 1. The van der Waals surface area contributed by atoms with Gasteiger partial charge in [0.15, 0.2) is 6.04 Å². The van der Waals surface area contributed by atoms with Crippen molar-refractivity contribution in [2.45, 2.75) is 31.4 Å². The van der Waals surface area contributed by atoms with Gasteiger partial charge in [0.05, 0.1) is 5.69 Å². The van der Waals surface area contributed by atoms with Gasteiger partial charge in [-0.1, -0.05) is 6.42 Å². The van der Waals surface area contributed by atoms with E-state index in [4.69, 9.17) is 4.74 Å². The summed E-state index contributed by atoms with van der Waals surface area (Å²) in [7, 11) is 3.11. The first-order valence-corrected chi connectivity index (χ1v) is 6.58. The molecule has 2 N–H and O–H groups in total. The van der Waals surface area contributed by atoms with Crippen LogP contribution in [-0.2, 0) is 21.4 Å². The number of nitrogens with one attached hydrogen (secondary N) is 1. The number of aliphatic carboxylic acids is 1. The molecule has 0 radical (unpaired) electrons. The van der Waals surface area contributed by atoms with Crippen molar-refractivity contribution in [3.63, 3.8) is 0 Å². The van der Waals surface area contributed by atoms with E-state index in [1.165, 1.54) is 18.0 Å². The number of rotatable bonds is 6. The van der Waals surface area contributed by atoms with Crippen LogP contribution in [0.25, 0.3) is 0 Å². The van der Waals surface area contributed by atoms with Crippen molar-refractivity contribution in [2.24, 2.45) is 13.0 Å². The van der Waals surface area contributed by atoms with Crippen LogP contribution in [0.4, 0.5) is 0 Å². The maximum Gasteiger partial charge on any atom is 0.332 e. The van der Waals surface area contributed by atoms with Gasteiger partial charge in [0.2, 0.25) is 5.91 Å². The number of hydrogen-bond acceptors (Lipinski definition) is 4. The lowest BCUT2D eigenvalue weighted by molar-refractivity contribution is -0.146. The van der Waals surface area contributed by atoms with Crippen LogP contribution < -0.4 is 5.32 Å². The number of amides is 1. The van der Waals surface area contributed by atoms with E-state index in [-0.39, 0.29) is 11.8 Å². The van der Waals surface area contributed by atoms with E-state index in [9.17, 15) is 14.7 Å². The first-order valence-electron chi connectivity index (χ1n) is 6.58. The fourth-order valence-corrected chi connectivity index (χ4v) is 2.41. The number of carbonyl (C=O) groups excluding carboxylic acids is 1. The molecule has 0 saturated heterocycles. The van der Waals surface area contributed by atoms with Crippen LogP contribution in [0, 0.1) is 5.92 Å². The van der Waals surface area contributed by atoms with Crippen LogP contribution in [0.15, 0.2) is 12.3 Å². The molecule has 1 amide bonds. The number of nitrogens with zero attached hydrogens (tertiary/aromatic N) is 2. The fourth-order valence-electron chi connectivity index (χ4n) is 2.41. The Balaban J connectivity index is 2.10.